The van der Waals surface area contributed by atoms with Gasteiger partial charge in [0.05, 0.1) is 12.5 Å². The predicted molar refractivity (Wildman–Crippen MR) is 78.2 cm³/mol. The third kappa shape index (κ3) is 2.90. The normalized spacial score (nSPS) is 21.7. The van der Waals surface area contributed by atoms with Crippen LogP contribution < -0.4 is 0 Å². The number of cyclic esters (lactones) is 1. The van der Waals surface area contributed by atoms with E-state index in [2.05, 4.69) is 24.3 Å². The Morgan fingerprint density at radius 1 is 0.850 bits per heavy atom. The first-order valence-electron chi connectivity index (χ1n) is 7.07. The molecule has 2 heteroatoms. The average Bonchev–Trinajstić information content (AvgIpc) is 2.83. The molecular formula is C18H18O2. The molecule has 0 unspecified atom stereocenters. The second kappa shape index (κ2) is 5.91. The van der Waals surface area contributed by atoms with E-state index in [1.54, 1.807) is 0 Å². The molecule has 1 aliphatic heterocycles. The molecule has 1 heterocycles. The Balaban J connectivity index is 1.72. The Labute approximate surface area is 119 Å². The minimum atomic E-state index is -0.0465. The van der Waals surface area contributed by atoms with Crippen molar-refractivity contribution in [2.75, 3.05) is 6.61 Å². The number of carbonyl (C=O) groups excluding carboxylic acids is 1. The second-order valence-electron chi connectivity index (χ2n) is 5.38. The molecular weight excluding hydrogens is 248 g/mol. The largest absolute Gasteiger partial charge is 0.465 e. The van der Waals surface area contributed by atoms with Crippen LogP contribution in [0.5, 0.6) is 0 Å². The van der Waals surface area contributed by atoms with Crippen LogP contribution in [0.1, 0.15) is 11.1 Å². The smallest absolute Gasteiger partial charge is 0.309 e. The molecule has 0 amide bonds. The second-order valence-corrected chi connectivity index (χ2v) is 5.38. The summed E-state index contributed by atoms with van der Waals surface area (Å²) in [5, 5.41) is 0. The van der Waals surface area contributed by atoms with Crippen LogP contribution in [-0.4, -0.2) is 12.6 Å². The summed E-state index contributed by atoms with van der Waals surface area (Å²) in [4.78, 5) is 12.0. The van der Waals surface area contributed by atoms with Crippen molar-refractivity contribution < 1.29 is 9.53 Å². The van der Waals surface area contributed by atoms with E-state index in [1.165, 1.54) is 11.1 Å². The molecule has 102 valence electrons. The molecule has 0 spiro atoms. The average molecular weight is 266 g/mol. The number of esters is 1. The monoisotopic (exact) mass is 266 g/mol. The third-order valence-electron chi connectivity index (χ3n) is 3.95. The maximum atomic E-state index is 12.0. The fraction of sp³-hybridized carbons (Fsp3) is 0.278. The number of rotatable bonds is 4. The van der Waals surface area contributed by atoms with E-state index in [0.29, 0.717) is 6.61 Å². The van der Waals surface area contributed by atoms with E-state index < -0.39 is 0 Å². The molecule has 0 N–H and O–H groups in total. The van der Waals surface area contributed by atoms with Gasteiger partial charge >= 0.3 is 5.97 Å². The van der Waals surface area contributed by atoms with Crippen LogP contribution in [0.15, 0.2) is 60.7 Å². The van der Waals surface area contributed by atoms with Gasteiger partial charge in [-0.2, -0.15) is 0 Å². The van der Waals surface area contributed by atoms with Crippen molar-refractivity contribution in [2.24, 2.45) is 11.8 Å². The summed E-state index contributed by atoms with van der Waals surface area (Å²) in [6, 6.07) is 20.5. The molecule has 20 heavy (non-hydrogen) atoms. The number of carbonyl (C=O) groups is 1. The van der Waals surface area contributed by atoms with E-state index >= 15 is 0 Å². The molecule has 0 bridgehead atoms. The van der Waals surface area contributed by atoms with Crippen LogP contribution >= 0.6 is 0 Å². The van der Waals surface area contributed by atoms with Gasteiger partial charge in [0.15, 0.2) is 0 Å². The first-order valence-corrected chi connectivity index (χ1v) is 7.07. The summed E-state index contributed by atoms with van der Waals surface area (Å²) in [6.45, 7) is 0.547. The molecule has 0 saturated carbocycles. The molecule has 2 atom stereocenters. The summed E-state index contributed by atoms with van der Waals surface area (Å²) < 4.78 is 5.28. The minimum Gasteiger partial charge on any atom is -0.465 e. The highest BCUT2D eigenvalue weighted by molar-refractivity contribution is 5.75. The Hall–Kier alpha value is -2.09. The van der Waals surface area contributed by atoms with Crippen molar-refractivity contribution >= 4 is 5.97 Å². The van der Waals surface area contributed by atoms with Crippen LogP contribution in [0.2, 0.25) is 0 Å². The van der Waals surface area contributed by atoms with Crippen LogP contribution in [0, 0.1) is 11.8 Å². The van der Waals surface area contributed by atoms with E-state index in [0.717, 1.165) is 12.8 Å². The highest BCUT2D eigenvalue weighted by Gasteiger charge is 2.36. The summed E-state index contributed by atoms with van der Waals surface area (Å²) in [5.74, 6) is 0.220. The van der Waals surface area contributed by atoms with Crippen molar-refractivity contribution in [1.29, 1.82) is 0 Å². The lowest BCUT2D eigenvalue weighted by Gasteiger charge is -2.15. The lowest BCUT2D eigenvalue weighted by Crippen LogP contribution is -2.20. The third-order valence-corrected chi connectivity index (χ3v) is 3.95. The van der Waals surface area contributed by atoms with Gasteiger partial charge in [-0.25, -0.2) is 0 Å². The van der Waals surface area contributed by atoms with Gasteiger partial charge in [0.25, 0.3) is 0 Å². The van der Waals surface area contributed by atoms with Crippen molar-refractivity contribution in [2.45, 2.75) is 12.8 Å². The van der Waals surface area contributed by atoms with Crippen LogP contribution in [0.3, 0.4) is 0 Å². The van der Waals surface area contributed by atoms with Crippen LogP contribution in [0.4, 0.5) is 0 Å². The summed E-state index contributed by atoms with van der Waals surface area (Å²) in [7, 11) is 0. The van der Waals surface area contributed by atoms with Gasteiger partial charge in [0.2, 0.25) is 0 Å². The Bertz CT molecular complexity index is 562. The van der Waals surface area contributed by atoms with Gasteiger partial charge in [0, 0.05) is 5.92 Å². The van der Waals surface area contributed by atoms with Gasteiger partial charge in [-0.15, -0.1) is 0 Å². The lowest BCUT2D eigenvalue weighted by molar-refractivity contribution is -0.141. The van der Waals surface area contributed by atoms with Crippen molar-refractivity contribution in [3.63, 3.8) is 0 Å². The predicted octanol–water partition coefficient (Wildman–Crippen LogP) is 3.26. The highest BCUT2D eigenvalue weighted by atomic mass is 16.5. The zero-order chi connectivity index (χ0) is 13.8. The first-order chi connectivity index (χ1) is 9.83. The minimum absolute atomic E-state index is 0.0161. The fourth-order valence-corrected chi connectivity index (χ4v) is 2.84. The molecule has 3 rings (SSSR count). The number of hydrogen-bond acceptors (Lipinski definition) is 2. The topological polar surface area (TPSA) is 26.3 Å². The zero-order valence-corrected chi connectivity index (χ0v) is 11.4. The van der Waals surface area contributed by atoms with Gasteiger partial charge < -0.3 is 4.74 Å². The maximum Gasteiger partial charge on any atom is 0.309 e. The van der Waals surface area contributed by atoms with E-state index in [1.807, 2.05) is 36.4 Å². The molecule has 1 fully saturated rings. The molecule has 2 nitrogen and oxygen atoms in total. The highest BCUT2D eigenvalue weighted by Crippen LogP contribution is 2.28. The van der Waals surface area contributed by atoms with Gasteiger partial charge in [-0.1, -0.05) is 60.7 Å². The Kier molecular flexibility index (Phi) is 3.82. The van der Waals surface area contributed by atoms with E-state index in [4.69, 9.17) is 4.74 Å². The maximum absolute atomic E-state index is 12.0. The Morgan fingerprint density at radius 2 is 1.40 bits per heavy atom. The molecule has 1 saturated heterocycles. The molecule has 0 aliphatic carbocycles. The van der Waals surface area contributed by atoms with Crippen molar-refractivity contribution in [3.05, 3.63) is 71.8 Å². The number of hydrogen-bond donors (Lipinski definition) is 0. The SMILES string of the molecule is O=C1OC[C@@H](Cc2ccccc2)[C@H]1Cc1ccccc1. The molecule has 0 aromatic heterocycles. The van der Waals surface area contributed by atoms with Crippen molar-refractivity contribution in [1.82, 2.24) is 0 Å². The molecule has 2 aromatic carbocycles. The summed E-state index contributed by atoms with van der Waals surface area (Å²) in [5.41, 5.74) is 2.48. The zero-order valence-electron chi connectivity index (χ0n) is 11.4. The molecule has 0 radical (unpaired) electrons. The van der Waals surface area contributed by atoms with Crippen molar-refractivity contribution in [3.8, 4) is 0 Å². The lowest BCUT2D eigenvalue weighted by atomic mass is 9.85. The molecule has 1 aliphatic rings. The van der Waals surface area contributed by atoms with Gasteiger partial charge in [-0.05, 0) is 24.0 Å². The van der Waals surface area contributed by atoms with Crippen LogP contribution in [0.25, 0.3) is 0 Å². The summed E-state index contributed by atoms with van der Waals surface area (Å²) >= 11 is 0. The first kappa shape index (κ1) is 12.9. The quantitative estimate of drug-likeness (QED) is 0.794. The standard InChI is InChI=1S/C18H18O2/c19-18-17(12-15-9-5-2-6-10-15)16(13-20-18)11-14-7-3-1-4-8-14/h1-10,16-17H,11-13H2/t16-,17-/m1/s1. The van der Waals surface area contributed by atoms with E-state index in [9.17, 15) is 4.79 Å². The summed E-state index contributed by atoms with van der Waals surface area (Å²) in [6.07, 6.45) is 1.68. The number of ether oxygens (including phenoxy) is 1. The molecule has 2 aromatic rings. The van der Waals surface area contributed by atoms with E-state index in [-0.39, 0.29) is 17.8 Å². The van der Waals surface area contributed by atoms with Gasteiger partial charge in [-0.3, -0.25) is 4.79 Å². The van der Waals surface area contributed by atoms with Crippen LogP contribution in [-0.2, 0) is 22.4 Å². The van der Waals surface area contributed by atoms with Gasteiger partial charge in [0.1, 0.15) is 0 Å². The Morgan fingerprint density at radius 3 is 2.00 bits per heavy atom. The number of benzene rings is 2. The fourth-order valence-electron chi connectivity index (χ4n) is 2.84.